The Balaban J connectivity index is 2.34. The quantitative estimate of drug-likeness (QED) is 0.540. The van der Waals surface area contributed by atoms with Crippen LogP contribution in [-0.2, 0) is 14.4 Å². The lowest BCUT2D eigenvalue weighted by Gasteiger charge is -2.13. The molecular formula is C15H17Cl2NO6. The predicted octanol–water partition coefficient (Wildman–Crippen LogP) is 2.59. The molecule has 1 aromatic rings. The molecule has 0 saturated carbocycles. The van der Waals surface area contributed by atoms with Crippen molar-refractivity contribution in [2.24, 2.45) is 0 Å². The minimum absolute atomic E-state index is 0.0437. The van der Waals surface area contributed by atoms with Crippen LogP contribution >= 0.6 is 23.2 Å². The van der Waals surface area contributed by atoms with Gasteiger partial charge in [-0.25, -0.2) is 4.79 Å². The molecule has 0 aliphatic carbocycles. The minimum Gasteiger partial charge on any atom is -0.492 e. The lowest BCUT2D eigenvalue weighted by molar-refractivity contribution is -0.143. The number of carboxylic acids is 2. The van der Waals surface area contributed by atoms with Gasteiger partial charge in [-0.15, -0.1) is 0 Å². The Morgan fingerprint density at radius 3 is 2.46 bits per heavy atom. The summed E-state index contributed by atoms with van der Waals surface area (Å²) in [6, 6.07) is 3.54. The zero-order valence-corrected chi connectivity index (χ0v) is 14.1. The summed E-state index contributed by atoms with van der Waals surface area (Å²) >= 11 is 11.7. The van der Waals surface area contributed by atoms with Crippen molar-refractivity contribution >= 4 is 41.0 Å². The molecule has 1 atom stereocenters. The number of amides is 1. The van der Waals surface area contributed by atoms with Crippen molar-refractivity contribution < 1.29 is 29.3 Å². The molecule has 0 saturated heterocycles. The maximum absolute atomic E-state index is 11.7. The van der Waals surface area contributed by atoms with E-state index in [0.717, 1.165) is 0 Å². The number of benzene rings is 1. The topological polar surface area (TPSA) is 113 Å². The Kier molecular flexibility index (Phi) is 8.35. The monoisotopic (exact) mass is 377 g/mol. The molecule has 1 aromatic carbocycles. The Morgan fingerprint density at radius 2 is 1.88 bits per heavy atom. The molecule has 9 heteroatoms. The van der Waals surface area contributed by atoms with Crippen molar-refractivity contribution in [3.05, 3.63) is 28.2 Å². The lowest BCUT2D eigenvalue weighted by atomic mass is 10.1. The van der Waals surface area contributed by atoms with Crippen LogP contribution in [0.1, 0.15) is 25.7 Å². The van der Waals surface area contributed by atoms with Crippen LogP contribution in [0.15, 0.2) is 18.2 Å². The molecule has 1 unspecified atom stereocenters. The largest absolute Gasteiger partial charge is 0.492 e. The fraction of sp³-hybridized carbons (Fsp3) is 0.400. The van der Waals surface area contributed by atoms with Crippen molar-refractivity contribution in [3.8, 4) is 5.75 Å². The van der Waals surface area contributed by atoms with Crippen LogP contribution in [0, 0.1) is 0 Å². The Labute approximate surface area is 148 Å². The van der Waals surface area contributed by atoms with E-state index in [9.17, 15) is 14.4 Å². The zero-order chi connectivity index (χ0) is 18.1. The second kappa shape index (κ2) is 10.00. The highest BCUT2D eigenvalue weighted by Crippen LogP contribution is 2.27. The molecule has 24 heavy (non-hydrogen) atoms. The number of carboxylic acid groups (broad SMARTS) is 2. The fourth-order valence-corrected chi connectivity index (χ4v) is 2.26. The third kappa shape index (κ3) is 7.52. The Morgan fingerprint density at radius 1 is 1.17 bits per heavy atom. The standard InChI is InChI=1S/C15H17Cl2NO6/c16-9-3-5-12(10(17)8-9)24-7-1-2-13(19)18-11(15(22)23)4-6-14(20)21/h3,5,8,11H,1-2,4,6-7H2,(H,18,19)(H,20,21)(H,22,23). The maximum Gasteiger partial charge on any atom is 0.326 e. The van der Waals surface area contributed by atoms with Crippen LogP contribution in [0.4, 0.5) is 0 Å². The molecule has 0 radical (unpaired) electrons. The first kappa shape index (κ1) is 20.1. The molecule has 0 fully saturated rings. The number of hydrogen-bond acceptors (Lipinski definition) is 4. The van der Waals surface area contributed by atoms with E-state index >= 15 is 0 Å². The molecule has 132 valence electrons. The minimum atomic E-state index is -1.27. The van der Waals surface area contributed by atoms with Gasteiger partial charge < -0.3 is 20.3 Å². The highest BCUT2D eigenvalue weighted by atomic mass is 35.5. The average Bonchev–Trinajstić information content (AvgIpc) is 2.49. The van der Waals surface area contributed by atoms with Crippen molar-refractivity contribution in [3.63, 3.8) is 0 Å². The molecule has 0 aliphatic rings. The van der Waals surface area contributed by atoms with Crippen LogP contribution in [-0.4, -0.2) is 40.7 Å². The number of rotatable bonds is 10. The molecule has 0 bridgehead atoms. The van der Waals surface area contributed by atoms with Crippen LogP contribution in [0.3, 0.4) is 0 Å². The number of hydrogen-bond donors (Lipinski definition) is 3. The van der Waals surface area contributed by atoms with Crippen LogP contribution in [0.25, 0.3) is 0 Å². The van der Waals surface area contributed by atoms with Crippen molar-refractivity contribution in [1.82, 2.24) is 5.32 Å². The summed E-state index contributed by atoms with van der Waals surface area (Å²) in [5.41, 5.74) is 0. The highest BCUT2D eigenvalue weighted by molar-refractivity contribution is 6.35. The third-order valence-electron chi connectivity index (χ3n) is 2.98. The van der Waals surface area contributed by atoms with Gasteiger partial charge in [0, 0.05) is 17.9 Å². The van der Waals surface area contributed by atoms with Crippen LogP contribution in [0.5, 0.6) is 5.75 Å². The summed E-state index contributed by atoms with van der Waals surface area (Å²) in [6.07, 6.45) is -0.124. The van der Waals surface area contributed by atoms with Gasteiger partial charge >= 0.3 is 11.9 Å². The number of ether oxygens (including phenoxy) is 1. The first-order chi connectivity index (χ1) is 11.3. The van der Waals surface area contributed by atoms with Gasteiger partial charge in [0.1, 0.15) is 11.8 Å². The van der Waals surface area contributed by atoms with Gasteiger partial charge in [0.25, 0.3) is 0 Å². The molecular weight excluding hydrogens is 361 g/mol. The molecule has 0 spiro atoms. The van der Waals surface area contributed by atoms with Crippen LogP contribution < -0.4 is 10.1 Å². The molecule has 1 rings (SSSR count). The molecule has 0 aromatic heterocycles. The number of aliphatic carboxylic acids is 2. The molecule has 7 nitrogen and oxygen atoms in total. The van der Waals surface area contributed by atoms with E-state index in [4.69, 9.17) is 38.2 Å². The lowest BCUT2D eigenvalue weighted by Crippen LogP contribution is -2.41. The summed E-state index contributed by atoms with van der Waals surface area (Å²) in [7, 11) is 0. The molecule has 3 N–H and O–H groups in total. The average molecular weight is 378 g/mol. The van der Waals surface area contributed by atoms with Crippen molar-refractivity contribution in [2.75, 3.05) is 6.61 Å². The second-order valence-corrected chi connectivity index (χ2v) is 5.76. The van der Waals surface area contributed by atoms with Gasteiger partial charge in [-0.05, 0) is 31.0 Å². The van der Waals surface area contributed by atoms with Crippen LogP contribution in [0.2, 0.25) is 10.0 Å². The van der Waals surface area contributed by atoms with Crippen molar-refractivity contribution in [2.45, 2.75) is 31.7 Å². The van der Waals surface area contributed by atoms with E-state index in [-0.39, 0.29) is 25.9 Å². The van der Waals surface area contributed by atoms with E-state index in [0.29, 0.717) is 22.2 Å². The first-order valence-corrected chi connectivity index (χ1v) is 7.87. The van der Waals surface area contributed by atoms with Gasteiger partial charge in [0.15, 0.2) is 0 Å². The van der Waals surface area contributed by atoms with Gasteiger partial charge in [0.2, 0.25) is 5.91 Å². The summed E-state index contributed by atoms with van der Waals surface area (Å²) in [5, 5.41) is 20.6. The Bertz CT molecular complexity index is 608. The summed E-state index contributed by atoms with van der Waals surface area (Å²) < 4.78 is 5.41. The SMILES string of the molecule is O=C(O)CCC(NC(=O)CCCOc1ccc(Cl)cc1Cl)C(=O)O. The zero-order valence-electron chi connectivity index (χ0n) is 12.6. The summed E-state index contributed by atoms with van der Waals surface area (Å²) in [6.45, 7) is 0.210. The number of nitrogens with one attached hydrogen (secondary N) is 1. The summed E-state index contributed by atoms with van der Waals surface area (Å²) in [4.78, 5) is 33.1. The van der Waals surface area contributed by atoms with E-state index in [2.05, 4.69) is 5.32 Å². The van der Waals surface area contributed by atoms with Gasteiger partial charge in [-0.1, -0.05) is 23.2 Å². The molecule has 0 aliphatic heterocycles. The van der Waals surface area contributed by atoms with Crippen molar-refractivity contribution in [1.29, 1.82) is 0 Å². The van der Waals surface area contributed by atoms with Gasteiger partial charge in [-0.3, -0.25) is 9.59 Å². The highest BCUT2D eigenvalue weighted by Gasteiger charge is 2.20. The molecule has 0 heterocycles. The van der Waals surface area contributed by atoms with Gasteiger partial charge in [-0.2, -0.15) is 0 Å². The number of carbonyl (C=O) groups excluding carboxylic acids is 1. The normalized spacial score (nSPS) is 11.6. The second-order valence-electron chi connectivity index (χ2n) is 4.92. The van der Waals surface area contributed by atoms with Gasteiger partial charge in [0.05, 0.1) is 11.6 Å². The molecule has 1 amide bonds. The maximum atomic E-state index is 11.7. The first-order valence-electron chi connectivity index (χ1n) is 7.11. The Hall–Kier alpha value is -1.99. The number of carbonyl (C=O) groups is 3. The van der Waals surface area contributed by atoms with E-state index < -0.39 is 23.9 Å². The van der Waals surface area contributed by atoms with E-state index in [1.165, 1.54) is 6.07 Å². The third-order valence-corrected chi connectivity index (χ3v) is 3.51. The van der Waals surface area contributed by atoms with E-state index in [1.54, 1.807) is 12.1 Å². The fourth-order valence-electron chi connectivity index (χ4n) is 1.80. The smallest absolute Gasteiger partial charge is 0.326 e. The predicted molar refractivity (Wildman–Crippen MR) is 87.6 cm³/mol. The summed E-state index contributed by atoms with van der Waals surface area (Å²) in [5.74, 6) is -2.44. The number of halogens is 2. The van der Waals surface area contributed by atoms with E-state index in [1.807, 2.05) is 0 Å².